The lowest BCUT2D eigenvalue weighted by Crippen LogP contribution is -2.46. The van der Waals surface area contributed by atoms with E-state index in [1.165, 1.54) is 32.1 Å². The molecule has 0 radical (unpaired) electrons. The SMILES string of the molecule is NC(=O)c1ncn(CC2C3CC4CC(C3)CC2C4)c1N. The van der Waals surface area contributed by atoms with Crippen LogP contribution >= 0.6 is 0 Å². The van der Waals surface area contributed by atoms with Gasteiger partial charge in [-0.05, 0) is 61.7 Å². The van der Waals surface area contributed by atoms with Crippen LogP contribution in [0.15, 0.2) is 6.33 Å². The van der Waals surface area contributed by atoms with Gasteiger partial charge in [0.25, 0.3) is 5.91 Å². The van der Waals surface area contributed by atoms with Crippen LogP contribution in [0.1, 0.15) is 42.6 Å². The van der Waals surface area contributed by atoms with Gasteiger partial charge in [0.1, 0.15) is 5.82 Å². The molecular formula is C15H22N4O. The van der Waals surface area contributed by atoms with Crippen molar-refractivity contribution < 1.29 is 4.79 Å². The van der Waals surface area contributed by atoms with E-state index in [1.54, 1.807) is 6.33 Å². The molecule has 4 aliphatic rings. The van der Waals surface area contributed by atoms with Crippen molar-refractivity contribution in [1.29, 1.82) is 0 Å². The van der Waals surface area contributed by atoms with Crippen LogP contribution in [-0.2, 0) is 6.54 Å². The molecule has 1 amide bonds. The quantitative estimate of drug-likeness (QED) is 0.878. The summed E-state index contributed by atoms with van der Waals surface area (Å²) in [4.78, 5) is 15.3. The molecular weight excluding hydrogens is 252 g/mol. The summed E-state index contributed by atoms with van der Waals surface area (Å²) in [7, 11) is 0. The summed E-state index contributed by atoms with van der Waals surface area (Å²) in [6.07, 6.45) is 8.74. The number of amides is 1. The first-order valence-electron chi connectivity index (χ1n) is 7.72. The Hall–Kier alpha value is -1.52. The van der Waals surface area contributed by atoms with E-state index < -0.39 is 5.91 Å². The maximum absolute atomic E-state index is 11.2. The predicted molar refractivity (Wildman–Crippen MR) is 75.7 cm³/mol. The number of anilines is 1. The smallest absolute Gasteiger partial charge is 0.271 e. The van der Waals surface area contributed by atoms with Crippen LogP contribution < -0.4 is 11.5 Å². The number of hydrogen-bond donors (Lipinski definition) is 2. The lowest BCUT2D eigenvalue weighted by molar-refractivity contribution is -0.0428. The zero-order chi connectivity index (χ0) is 13.9. The third-order valence-electron chi connectivity index (χ3n) is 5.94. The second-order valence-corrected chi connectivity index (χ2v) is 7.09. The molecule has 0 spiro atoms. The van der Waals surface area contributed by atoms with E-state index in [4.69, 9.17) is 11.5 Å². The van der Waals surface area contributed by atoms with Crippen molar-refractivity contribution in [2.75, 3.05) is 5.73 Å². The Morgan fingerprint density at radius 3 is 2.30 bits per heavy atom. The Labute approximate surface area is 118 Å². The third-order valence-corrected chi connectivity index (χ3v) is 5.94. The molecule has 20 heavy (non-hydrogen) atoms. The molecule has 5 rings (SSSR count). The summed E-state index contributed by atoms with van der Waals surface area (Å²) >= 11 is 0. The molecule has 0 aliphatic heterocycles. The zero-order valence-corrected chi connectivity index (χ0v) is 11.7. The molecule has 4 fully saturated rings. The molecule has 4 bridgehead atoms. The van der Waals surface area contributed by atoms with Crippen LogP contribution in [0.3, 0.4) is 0 Å². The maximum Gasteiger partial charge on any atom is 0.271 e. The first-order chi connectivity index (χ1) is 9.61. The van der Waals surface area contributed by atoms with Gasteiger partial charge in [0.05, 0.1) is 6.33 Å². The van der Waals surface area contributed by atoms with Gasteiger partial charge in [-0.25, -0.2) is 4.98 Å². The van der Waals surface area contributed by atoms with Gasteiger partial charge in [-0.2, -0.15) is 0 Å². The van der Waals surface area contributed by atoms with E-state index in [1.807, 2.05) is 4.57 Å². The van der Waals surface area contributed by atoms with E-state index in [-0.39, 0.29) is 5.69 Å². The first-order valence-corrected chi connectivity index (χ1v) is 7.72. The Kier molecular flexibility index (Phi) is 2.59. The zero-order valence-electron chi connectivity index (χ0n) is 11.7. The summed E-state index contributed by atoms with van der Waals surface area (Å²) < 4.78 is 1.94. The van der Waals surface area contributed by atoms with Gasteiger partial charge in [-0.15, -0.1) is 0 Å². The molecule has 0 atom stereocenters. The van der Waals surface area contributed by atoms with Gasteiger partial charge in [-0.3, -0.25) is 4.79 Å². The van der Waals surface area contributed by atoms with E-state index in [0.717, 1.165) is 30.2 Å². The minimum absolute atomic E-state index is 0.216. The van der Waals surface area contributed by atoms with Gasteiger partial charge >= 0.3 is 0 Å². The Morgan fingerprint density at radius 2 is 1.80 bits per heavy atom. The van der Waals surface area contributed by atoms with Crippen molar-refractivity contribution in [3.63, 3.8) is 0 Å². The average Bonchev–Trinajstić information content (AvgIpc) is 2.74. The Balaban J connectivity index is 1.56. The molecule has 5 nitrogen and oxygen atoms in total. The van der Waals surface area contributed by atoms with Crippen molar-refractivity contribution in [1.82, 2.24) is 9.55 Å². The van der Waals surface area contributed by atoms with Crippen LogP contribution in [0.5, 0.6) is 0 Å². The molecule has 0 saturated heterocycles. The van der Waals surface area contributed by atoms with E-state index in [9.17, 15) is 4.79 Å². The number of nitrogen functional groups attached to an aromatic ring is 1. The number of primary amides is 1. The second kappa shape index (κ2) is 4.24. The normalized spacial score (nSPS) is 38.3. The van der Waals surface area contributed by atoms with E-state index in [0.29, 0.717) is 11.7 Å². The van der Waals surface area contributed by atoms with Gasteiger partial charge in [0, 0.05) is 6.54 Å². The predicted octanol–water partition coefficient (Wildman–Crippen LogP) is 1.64. The molecule has 1 heterocycles. The lowest BCUT2D eigenvalue weighted by atomic mass is 9.52. The van der Waals surface area contributed by atoms with Crippen molar-refractivity contribution >= 4 is 11.7 Å². The molecule has 1 aromatic rings. The highest BCUT2D eigenvalue weighted by Gasteiger charge is 2.48. The lowest BCUT2D eigenvalue weighted by Gasteiger charge is -2.54. The molecule has 5 heteroatoms. The van der Waals surface area contributed by atoms with Gasteiger partial charge in [0.15, 0.2) is 5.69 Å². The maximum atomic E-state index is 11.2. The fourth-order valence-electron chi connectivity index (χ4n) is 5.29. The summed E-state index contributed by atoms with van der Waals surface area (Å²) in [6, 6.07) is 0. The monoisotopic (exact) mass is 274 g/mol. The number of nitrogens with two attached hydrogens (primary N) is 2. The molecule has 0 aromatic carbocycles. The fraction of sp³-hybridized carbons (Fsp3) is 0.733. The molecule has 1 aromatic heterocycles. The molecule has 4 N–H and O–H groups in total. The number of rotatable bonds is 3. The van der Waals surface area contributed by atoms with Gasteiger partial charge in [0.2, 0.25) is 0 Å². The number of nitrogens with zero attached hydrogens (tertiary/aromatic N) is 2. The summed E-state index contributed by atoms with van der Waals surface area (Å²) in [5.41, 5.74) is 11.5. The number of hydrogen-bond acceptors (Lipinski definition) is 3. The van der Waals surface area contributed by atoms with Crippen molar-refractivity contribution in [2.24, 2.45) is 35.3 Å². The third kappa shape index (κ3) is 1.75. The second-order valence-electron chi connectivity index (χ2n) is 7.09. The summed E-state index contributed by atoms with van der Waals surface area (Å²) in [6.45, 7) is 0.904. The summed E-state index contributed by atoms with van der Waals surface area (Å²) in [5.74, 6) is 4.28. The first kappa shape index (κ1) is 12.2. The van der Waals surface area contributed by atoms with Crippen molar-refractivity contribution in [3.05, 3.63) is 12.0 Å². The molecule has 108 valence electrons. The standard InChI is InChI=1S/C15H22N4O/c16-14-13(15(17)20)18-7-19(14)6-12-10-2-8-1-9(4-10)5-11(12)3-8/h7-12H,1-6,16H2,(H2,17,20). The average molecular weight is 274 g/mol. The van der Waals surface area contributed by atoms with E-state index >= 15 is 0 Å². The number of imidazole rings is 1. The molecule has 0 unspecified atom stereocenters. The van der Waals surface area contributed by atoms with Crippen LogP contribution in [0.25, 0.3) is 0 Å². The summed E-state index contributed by atoms with van der Waals surface area (Å²) in [5, 5.41) is 0. The van der Waals surface area contributed by atoms with Crippen LogP contribution in [0.4, 0.5) is 5.82 Å². The van der Waals surface area contributed by atoms with Crippen molar-refractivity contribution in [3.8, 4) is 0 Å². The van der Waals surface area contributed by atoms with Crippen LogP contribution in [-0.4, -0.2) is 15.5 Å². The number of aromatic nitrogens is 2. The topological polar surface area (TPSA) is 86.9 Å². The van der Waals surface area contributed by atoms with Crippen molar-refractivity contribution in [2.45, 2.75) is 38.6 Å². The van der Waals surface area contributed by atoms with E-state index in [2.05, 4.69) is 4.98 Å². The van der Waals surface area contributed by atoms with Crippen LogP contribution in [0.2, 0.25) is 0 Å². The highest BCUT2D eigenvalue weighted by Crippen LogP contribution is 2.56. The largest absolute Gasteiger partial charge is 0.383 e. The molecule has 4 aliphatic carbocycles. The minimum Gasteiger partial charge on any atom is -0.383 e. The van der Waals surface area contributed by atoms with Crippen LogP contribution in [0, 0.1) is 29.6 Å². The highest BCUT2D eigenvalue weighted by molar-refractivity contribution is 5.95. The Bertz CT molecular complexity index is 522. The Morgan fingerprint density at radius 1 is 1.20 bits per heavy atom. The molecule has 4 saturated carbocycles. The fourth-order valence-corrected chi connectivity index (χ4v) is 5.29. The number of carbonyl (C=O) groups excluding carboxylic acids is 1. The number of carbonyl (C=O) groups is 1. The minimum atomic E-state index is -0.536. The highest BCUT2D eigenvalue weighted by atomic mass is 16.1. The van der Waals surface area contributed by atoms with Gasteiger partial charge < -0.3 is 16.0 Å². The van der Waals surface area contributed by atoms with Gasteiger partial charge in [-0.1, -0.05) is 0 Å².